The molecule has 0 amide bonds. The van der Waals surface area contributed by atoms with Gasteiger partial charge in [-0.05, 0) is 6.07 Å². The van der Waals surface area contributed by atoms with Gasteiger partial charge in [-0.2, -0.15) is 5.10 Å². The maximum absolute atomic E-state index is 14.1. The first kappa shape index (κ1) is 15.1. The number of anilines is 1. The van der Waals surface area contributed by atoms with E-state index in [1.165, 1.54) is 24.9 Å². The summed E-state index contributed by atoms with van der Waals surface area (Å²) in [5, 5.41) is 4.50. The third kappa shape index (κ3) is 2.36. The third-order valence-electron chi connectivity index (χ3n) is 3.70. The molecule has 0 saturated heterocycles. The van der Waals surface area contributed by atoms with Crippen molar-refractivity contribution in [1.29, 1.82) is 0 Å². The van der Waals surface area contributed by atoms with Gasteiger partial charge in [-0.15, -0.1) is 0 Å². The maximum atomic E-state index is 14.1. The van der Waals surface area contributed by atoms with E-state index < -0.39 is 23.1 Å². The van der Waals surface area contributed by atoms with Crippen LogP contribution in [0.5, 0.6) is 0 Å². The van der Waals surface area contributed by atoms with Gasteiger partial charge in [-0.3, -0.25) is 0 Å². The second-order valence-corrected chi connectivity index (χ2v) is 5.19. The Morgan fingerprint density at radius 3 is 2.44 bits per heavy atom. The zero-order valence-electron chi connectivity index (χ0n) is 12.5. The molecule has 0 saturated carbocycles. The summed E-state index contributed by atoms with van der Waals surface area (Å²) in [6.07, 6.45) is 5.67. The van der Waals surface area contributed by atoms with Crippen LogP contribution < -0.4 is 5.73 Å². The average Bonchev–Trinajstić information content (AvgIpc) is 2.98. The Labute approximate surface area is 138 Å². The lowest BCUT2D eigenvalue weighted by Gasteiger charge is -2.08. The number of hydrogen-bond acceptors (Lipinski definition) is 5. The van der Waals surface area contributed by atoms with Gasteiger partial charge in [0.05, 0.1) is 6.20 Å². The van der Waals surface area contributed by atoms with Crippen molar-refractivity contribution in [2.45, 2.75) is 0 Å². The van der Waals surface area contributed by atoms with Gasteiger partial charge in [0, 0.05) is 41.0 Å². The Hall–Kier alpha value is -3.49. The summed E-state index contributed by atoms with van der Waals surface area (Å²) < 4.78 is 42.3. The number of halogens is 3. The van der Waals surface area contributed by atoms with Crippen LogP contribution in [0.2, 0.25) is 0 Å². The minimum atomic E-state index is -1.09. The van der Waals surface area contributed by atoms with Crippen molar-refractivity contribution >= 4 is 16.9 Å². The van der Waals surface area contributed by atoms with Crippen LogP contribution in [-0.2, 0) is 0 Å². The van der Waals surface area contributed by atoms with E-state index in [2.05, 4.69) is 20.1 Å². The van der Waals surface area contributed by atoms with Crippen molar-refractivity contribution in [3.05, 3.63) is 60.6 Å². The molecule has 9 heteroatoms. The quantitative estimate of drug-likeness (QED) is 0.606. The summed E-state index contributed by atoms with van der Waals surface area (Å²) in [6.45, 7) is 0. The standard InChI is InChI=1S/C16H9F3N6/c17-8-3-12(18)14(13(19)4-8)25-16-11(6-24-25)9(1-2-22-16)10-5-21-7-23-15(10)20/h1-7H,(H2,20,21,23). The van der Waals surface area contributed by atoms with Crippen molar-refractivity contribution < 1.29 is 13.2 Å². The molecular formula is C16H9F3N6. The van der Waals surface area contributed by atoms with Crippen molar-refractivity contribution in [1.82, 2.24) is 24.7 Å². The van der Waals surface area contributed by atoms with Crippen molar-refractivity contribution in [2.75, 3.05) is 5.73 Å². The summed E-state index contributed by atoms with van der Waals surface area (Å²) >= 11 is 0. The van der Waals surface area contributed by atoms with Gasteiger partial charge >= 0.3 is 0 Å². The first-order valence-corrected chi connectivity index (χ1v) is 7.10. The highest BCUT2D eigenvalue weighted by Gasteiger charge is 2.19. The van der Waals surface area contributed by atoms with Gasteiger partial charge in [0.25, 0.3) is 0 Å². The lowest BCUT2D eigenvalue weighted by atomic mass is 10.1. The second-order valence-electron chi connectivity index (χ2n) is 5.19. The molecule has 1 aromatic carbocycles. The Morgan fingerprint density at radius 1 is 0.960 bits per heavy atom. The number of pyridine rings is 1. The molecule has 0 radical (unpaired) electrons. The zero-order chi connectivity index (χ0) is 17.6. The number of rotatable bonds is 2. The largest absolute Gasteiger partial charge is 0.383 e. The highest BCUT2D eigenvalue weighted by Crippen LogP contribution is 2.31. The topological polar surface area (TPSA) is 82.5 Å². The molecule has 124 valence electrons. The fourth-order valence-corrected chi connectivity index (χ4v) is 2.61. The maximum Gasteiger partial charge on any atom is 0.163 e. The minimum absolute atomic E-state index is 0.185. The number of hydrogen-bond donors (Lipinski definition) is 1. The van der Waals surface area contributed by atoms with E-state index in [0.717, 1.165) is 4.68 Å². The van der Waals surface area contributed by atoms with Crippen LogP contribution in [0, 0.1) is 17.5 Å². The SMILES string of the molecule is Nc1ncncc1-c1ccnc2c1cnn2-c1c(F)cc(F)cc1F. The van der Waals surface area contributed by atoms with Crippen LogP contribution in [0.4, 0.5) is 19.0 Å². The monoisotopic (exact) mass is 342 g/mol. The highest BCUT2D eigenvalue weighted by atomic mass is 19.1. The molecule has 0 bridgehead atoms. The van der Waals surface area contributed by atoms with Crippen LogP contribution >= 0.6 is 0 Å². The van der Waals surface area contributed by atoms with E-state index in [1.807, 2.05) is 0 Å². The van der Waals surface area contributed by atoms with Gasteiger partial charge in [-0.1, -0.05) is 0 Å². The fourth-order valence-electron chi connectivity index (χ4n) is 2.61. The van der Waals surface area contributed by atoms with Crippen LogP contribution in [0.3, 0.4) is 0 Å². The number of nitrogens with two attached hydrogens (primary N) is 1. The van der Waals surface area contributed by atoms with E-state index in [-0.39, 0.29) is 11.5 Å². The second kappa shape index (κ2) is 5.55. The summed E-state index contributed by atoms with van der Waals surface area (Å²) in [7, 11) is 0. The highest BCUT2D eigenvalue weighted by molar-refractivity contribution is 5.95. The average molecular weight is 342 g/mol. The van der Waals surface area contributed by atoms with Crippen LogP contribution in [-0.4, -0.2) is 24.7 Å². The molecule has 3 heterocycles. The normalized spacial score (nSPS) is 11.2. The summed E-state index contributed by atoms with van der Waals surface area (Å²) in [4.78, 5) is 12.0. The molecule has 6 nitrogen and oxygen atoms in total. The predicted molar refractivity (Wildman–Crippen MR) is 84.2 cm³/mol. The third-order valence-corrected chi connectivity index (χ3v) is 3.70. The molecule has 25 heavy (non-hydrogen) atoms. The Kier molecular flexibility index (Phi) is 3.34. The molecule has 4 rings (SSSR count). The number of fused-ring (bicyclic) bond motifs is 1. The van der Waals surface area contributed by atoms with Gasteiger partial charge in [0.2, 0.25) is 0 Å². The Balaban J connectivity index is 1.99. The van der Waals surface area contributed by atoms with E-state index in [9.17, 15) is 13.2 Å². The number of nitrogen functional groups attached to an aromatic ring is 1. The van der Waals surface area contributed by atoms with Gasteiger partial charge in [0.1, 0.15) is 23.6 Å². The van der Waals surface area contributed by atoms with E-state index in [1.54, 1.807) is 6.07 Å². The van der Waals surface area contributed by atoms with E-state index in [0.29, 0.717) is 28.6 Å². The van der Waals surface area contributed by atoms with Crippen LogP contribution in [0.25, 0.3) is 27.8 Å². The zero-order valence-corrected chi connectivity index (χ0v) is 12.5. The molecule has 0 aliphatic rings. The number of benzene rings is 1. The first-order chi connectivity index (χ1) is 12.1. The summed E-state index contributed by atoms with van der Waals surface area (Å²) in [5.74, 6) is -2.94. The number of aromatic nitrogens is 5. The minimum Gasteiger partial charge on any atom is -0.383 e. The van der Waals surface area contributed by atoms with Gasteiger partial charge < -0.3 is 5.73 Å². The lowest BCUT2D eigenvalue weighted by Crippen LogP contribution is -2.05. The Bertz CT molecular complexity index is 1090. The van der Waals surface area contributed by atoms with Crippen LogP contribution in [0.15, 0.2) is 43.1 Å². The Morgan fingerprint density at radius 2 is 1.72 bits per heavy atom. The molecule has 4 aromatic rings. The smallest absolute Gasteiger partial charge is 0.163 e. The molecule has 0 atom stereocenters. The van der Waals surface area contributed by atoms with E-state index >= 15 is 0 Å². The molecule has 3 aromatic heterocycles. The van der Waals surface area contributed by atoms with Gasteiger partial charge in [-0.25, -0.2) is 32.8 Å². The lowest BCUT2D eigenvalue weighted by molar-refractivity contribution is 0.529. The van der Waals surface area contributed by atoms with Crippen molar-refractivity contribution in [3.63, 3.8) is 0 Å². The van der Waals surface area contributed by atoms with E-state index in [4.69, 9.17) is 5.73 Å². The fraction of sp³-hybridized carbons (Fsp3) is 0. The van der Waals surface area contributed by atoms with Crippen LogP contribution in [0.1, 0.15) is 0 Å². The molecule has 2 N–H and O–H groups in total. The number of nitrogens with zero attached hydrogens (tertiary/aromatic N) is 5. The van der Waals surface area contributed by atoms with Crippen molar-refractivity contribution in [2.24, 2.45) is 0 Å². The molecule has 0 unspecified atom stereocenters. The predicted octanol–water partition coefficient (Wildman–Crippen LogP) is 2.88. The summed E-state index contributed by atoms with van der Waals surface area (Å²) in [5.41, 5.74) is 6.68. The molecular weight excluding hydrogens is 333 g/mol. The van der Waals surface area contributed by atoms with Gasteiger partial charge in [0.15, 0.2) is 17.3 Å². The molecule has 0 aliphatic heterocycles. The molecule has 0 spiro atoms. The molecule has 0 aliphatic carbocycles. The first-order valence-electron chi connectivity index (χ1n) is 7.10. The summed E-state index contributed by atoms with van der Waals surface area (Å²) in [6, 6.07) is 2.83. The molecule has 0 fully saturated rings. The van der Waals surface area contributed by atoms with Crippen molar-refractivity contribution in [3.8, 4) is 16.8 Å².